The Morgan fingerprint density at radius 3 is 2.28 bits per heavy atom. The predicted molar refractivity (Wildman–Crippen MR) is 108 cm³/mol. The molecular formula is C19H23ClN3O5S+. The van der Waals surface area contributed by atoms with Gasteiger partial charge in [0.15, 0.2) is 16.4 Å². The van der Waals surface area contributed by atoms with Gasteiger partial charge in [0, 0.05) is 33.7 Å². The molecule has 10 heteroatoms. The standard InChI is InChI=1S/C19H22ClN3O5S/c20-16-5-1-15(2-6-16)12-23(25,26)19(24)22-17-7-3-14(4-8-17)11-21-18-9-10-29(27,28)13-18/h1-8,18,21,25-26H,9-13H2/p+1. The minimum atomic E-state index is -2.92. The number of hydroxylamine groups is 4. The van der Waals surface area contributed by atoms with Crippen LogP contribution in [0.25, 0.3) is 0 Å². The van der Waals surface area contributed by atoms with Crippen LogP contribution in [0.4, 0.5) is 10.5 Å². The average molecular weight is 441 g/mol. The Labute approximate surface area is 174 Å². The van der Waals surface area contributed by atoms with E-state index < -0.39 is 20.7 Å². The first-order chi connectivity index (χ1) is 13.6. The fourth-order valence-corrected chi connectivity index (χ4v) is 4.89. The molecule has 1 unspecified atom stereocenters. The molecule has 29 heavy (non-hydrogen) atoms. The van der Waals surface area contributed by atoms with Crippen molar-refractivity contribution in [3.63, 3.8) is 0 Å². The van der Waals surface area contributed by atoms with Crippen molar-refractivity contribution in [2.45, 2.75) is 25.6 Å². The first-order valence-corrected chi connectivity index (χ1v) is 11.3. The molecule has 156 valence electrons. The van der Waals surface area contributed by atoms with E-state index in [1.807, 2.05) is 0 Å². The van der Waals surface area contributed by atoms with Gasteiger partial charge < -0.3 is 5.32 Å². The molecule has 2 aromatic carbocycles. The number of nitrogens with zero attached hydrogens (tertiary/aromatic N) is 1. The Morgan fingerprint density at radius 2 is 1.69 bits per heavy atom. The number of quaternary nitrogens is 1. The van der Waals surface area contributed by atoms with Gasteiger partial charge in [0.2, 0.25) is 0 Å². The lowest BCUT2D eigenvalue weighted by molar-refractivity contribution is -1.20. The number of hydrogen-bond donors (Lipinski definition) is 4. The third-order valence-corrected chi connectivity index (χ3v) is 6.69. The Hall–Kier alpha value is -2.01. The van der Waals surface area contributed by atoms with E-state index in [2.05, 4.69) is 10.6 Å². The molecule has 8 nitrogen and oxygen atoms in total. The number of carbonyl (C=O) groups excluding carboxylic acids is 1. The van der Waals surface area contributed by atoms with Crippen LogP contribution in [0.3, 0.4) is 0 Å². The SMILES string of the molecule is O=C(Nc1ccc(CNC2CCS(=O)(=O)C2)cc1)[N+](O)(O)Cc1ccc(Cl)cc1. The summed E-state index contributed by atoms with van der Waals surface area (Å²) in [6.07, 6.45) is 0.608. The van der Waals surface area contributed by atoms with Crippen LogP contribution in [0.2, 0.25) is 5.02 Å². The second kappa shape index (κ2) is 8.78. The predicted octanol–water partition coefficient (Wildman–Crippen LogP) is 2.94. The number of amides is 2. The molecule has 0 aromatic heterocycles. The number of carbonyl (C=O) groups is 1. The number of rotatable bonds is 6. The highest BCUT2D eigenvalue weighted by Crippen LogP contribution is 2.17. The van der Waals surface area contributed by atoms with Crippen molar-refractivity contribution in [3.8, 4) is 0 Å². The summed E-state index contributed by atoms with van der Waals surface area (Å²) >= 11 is 5.80. The molecule has 2 amide bonds. The van der Waals surface area contributed by atoms with Crippen LogP contribution in [0.15, 0.2) is 48.5 Å². The van der Waals surface area contributed by atoms with E-state index in [9.17, 15) is 23.6 Å². The first kappa shape index (κ1) is 21.7. The third-order valence-electron chi connectivity index (χ3n) is 4.67. The fourth-order valence-electron chi connectivity index (χ4n) is 3.05. The Bertz CT molecular complexity index is 962. The van der Waals surface area contributed by atoms with E-state index in [0.717, 1.165) is 5.56 Å². The maximum atomic E-state index is 12.2. The summed E-state index contributed by atoms with van der Waals surface area (Å²) < 4.78 is 23.0. The molecular weight excluding hydrogens is 418 g/mol. The van der Waals surface area contributed by atoms with Crippen molar-refractivity contribution >= 4 is 33.2 Å². The number of halogens is 1. The maximum absolute atomic E-state index is 12.2. The van der Waals surface area contributed by atoms with Crippen molar-refractivity contribution in [2.75, 3.05) is 16.8 Å². The Balaban J connectivity index is 1.53. The smallest absolute Gasteiger partial charge is 0.309 e. The van der Waals surface area contributed by atoms with Crippen molar-refractivity contribution in [1.82, 2.24) is 5.32 Å². The van der Waals surface area contributed by atoms with Crippen molar-refractivity contribution in [3.05, 3.63) is 64.7 Å². The molecule has 3 rings (SSSR count). The molecule has 1 saturated heterocycles. The van der Waals surface area contributed by atoms with Gasteiger partial charge in [-0.1, -0.05) is 35.9 Å². The molecule has 0 saturated carbocycles. The number of sulfone groups is 1. The molecule has 1 aliphatic heterocycles. The zero-order valence-electron chi connectivity index (χ0n) is 15.6. The monoisotopic (exact) mass is 440 g/mol. The molecule has 1 atom stereocenters. The quantitative estimate of drug-likeness (QED) is 0.312. The highest BCUT2D eigenvalue weighted by Gasteiger charge is 2.35. The van der Waals surface area contributed by atoms with Crippen LogP contribution in [-0.2, 0) is 22.9 Å². The largest absolute Gasteiger partial charge is 0.487 e. The van der Waals surface area contributed by atoms with Crippen LogP contribution >= 0.6 is 11.6 Å². The van der Waals surface area contributed by atoms with Gasteiger partial charge in [0.05, 0.1) is 11.5 Å². The van der Waals surface area contributed by atoms with Gasteiger partial charge in [-0.05, 0) is 36.2 Å². The van der Waals surface area contributed by atoms with Crippen molar-refractivity contribution < 1.29 is 28.4 Å². The lowest BCUT2D eigenvalue weighted by Crippen LogP contribution is -2.48. The number of urea groups is 1. The van der Waals surface area contributed by atoms with E-state index in [1.165, 1.54) is 0 Å². The van der Waals surface area contributed by atoms with Crippen LogP contribution < -0.4 is 10.6 Å². The van der Waals surface area contributed by atoms with Crippen molar-refractivity contribution in [2.24, 2.45) is 0 Å². The summed E-state index contributed by atoms with van der Waals surface area (Å²) in [5.74, 6) is 0.371. The lowest BCUT2D eigenvalue weighted by atomic mass is 10.2. The molecule has 2 aromatic rings. The highest BCUT2D eigenvalue weighted by molar-refractivity contribution is 7.91. The van der Waals surface area contributed by atoms with E-state index >= 15 is 0 Å². The lowest BCUT2D eigenvalue weighted by Gasteiger charge is -2.19. The van der Waals surface area contributed by atoms with Crippen LogP contribution in [0.1, 0.15) is 17.5 Å². The molecule has 0 radical (unpaired) electrons. The number of benzene rings is 2. The minimum Gasteiger partial charge on any atom is -0.309 e. The van der Waals surface area contributed by atoms with Crippen LogP contribution in [-0.4, -0.2) is 47.2 Å². The fraction of sp³-hybridized carbons (Fsp3) is 0.316. The topological polar surface area (TPSA) is 116 Å². The molecule has 1 fully saturated rings. The summed E-state index contributed by atoms with van der Waals surface area (Å²) in [7, 11) is -2.92. The molecule has 0 aliphatic carbocycles. The molecule has 0 bridgehead atoms. The Morgan fingerprint density at radius 1 is 1.07 bits per heavy atom. The molecule has 1 heterocycles. The van der Waals surface area contributed by atoms with Crippen molar-refractivity contribution in [1.29, 1.82) is 0 Å². The summed E-state index contributed by atoms with van der Waals surface area (Å²) in [5, 5.41) is 26.3. The molecule has 1 aliphatic rings. The summed E-state index contributed by atoms with van der Waals surface area (Å²) in [5.41, 5.74) is 1.86. The Kier molecular flexibility index (Phi) is 6.57. The van der Waals surface area contributed by atoms with Gasteiger partial charge in [-0.3, -0.25) is 5.32 Å². The number of anilines is 1. The molecule has 0 spiro atoms. The normalized spacial score (nSPS) is 18.5. The maximum Gasteiger partial charge on any atom is 0.487 e. The zero-order chi connectivity index (χ0) is 21.1. The van der Waals surface area contributed by atoms with E-state index in [1.54, 1.807) is 48.5 Å². The van der Waals surface area contributed by atoms with E-state index in [0.29, 0.717) is 29.2 Å². The number of hydrogen-bond acceptors (Lipinski definition) is 6. The van der Waals surface area contributed by atoms with Crippen LogP contribution in [0, 0.1) is 0 Å². The minimum absolute atomic E-state index is 0.0473. The second-order valence-electron chi connectivity index (χ2n) is 7.12. The van der Waals surface area contributed by atoms with Gasteiger partial charge in [-0.2, -0.15) is 15.2 Å². The number of nitrogens with one attached hydrogen (secondary N) is 2. The summed E-state index contributed by atoms with van der Waals surface area (Å²) in [6, 6.07) is 12.2. The second-order valence-corrected chi connectivity index (χ2v) is 9.79. The van der Waals surface area contributed by atoms with Gasteiger partial charge in [0.1, 0.15) is 0 Å². The summed E-state index contributed by atoms with van der Waals surface area (Å²) in [6.45, 7) is 0.167. The third kappa shape index (κ3) is 6.23. The van der Waals surface area contributed by atoms with Gasteiger partial charge >= 0.3 is 6.03 Å². The summed E-state index contributed by atoms with van der Waals surface area (Å²) in [4.78, 5) is 10.4. The molecule has 4 N–H and O–H groups in total. The zero-order valence-corrected chi connectivity index (χ0v) is 17.2. The highest BCUT2D eigenvalue weighted by atomic mass is 35.5. The van der Waals surface area contributed by atoms with Gasteiger partial charge in [-0.25, -0.2) is 8.42 Å². The van der Waals surface area contributed by atoms with Crippen LogP contribution in [0.5, 0.6) is 0 Å². The first-order valence-electron chi connectivity index (χ1n) is 9.05. The average Bonchev–Trinajstić information content (AvgIpc) is 3.02. The van der Waals surface area contributed by atoms with Gasteiger partial charge in [0.25, 0.3) is 0 Å². The van der Waals surface area contributed by atoms with E-state index in [4.69, 9.17) is 11.6 Å². The van der Waals surface area contributed by atoms with Gasteiger partial charge in [-0.15, -0.1) is 0 Å². The van der Waals surface area contributed by atoms with E-state index in [-0.39, 0.29) is 24.1 Å².